The van der Waals surface area contributed by atoms with Crippen LogP contribution in [0.3, 0.4) is 0 Å². The van der Waals surface area contributed by atoms with Gasteiger partial charge in [-0.3, -0.25) is 4.79 Å². The molecule has 1 aliphatic carbocycles. The first-order valence-corrected chi connectivity index (χ1v) is 5.61. The maximum absolute atomic E-state index is 11.7. The zero-order valence-electron chi connectivity index (χ0n) is 9.72. The molecule has 1 aromatic carbocycles. The predicted molar refractivity (Wildman–Crippen MR) is 67.9 cm³/mol. The van der Waals surface area contributed by atoms with Crippen molar-refractivity contribution in [2.45, 2.75) is 18.4 Å². The van der Waals surface area contributed by atoms with Crippen LogP contribution in [0.5, 0.6) is 0 Å². The standard InChI is InChI=1S/C13H14N2O3/c14-13(6-7-13)12(18)15-10-3-1-2-9(8-10)4-5-11(16)17/h1-5,8H,6-7,14H2,(H,15,18)(H,16,17)/b5-4+. The van der Waals surface area contributed by atoms with Gasteiger partial charge in [0, 0.05) is 11.8 Å². The summed E-state index contributed by atoms with van der Waals surface area (Å²) in [4.78, 5) is 22.1. The summed E-state index contributed by atoms with van der Waals surface area (Å²) in [7, 11) is 0. The molecule has 1 fully saturated rings. The number of rotatable bonds is 4. The molecule has 1 aromatic rings. The van der Waals surface area contributed by atoms with Gasteiger partial charge in [0.25, 0.3) is 0 Å². The maximum Gasteiger partial charge on any atom is 0.328 e. The summed E-state index contributed by atoms with van der Waals surface area (Å²) < 4.78 is 0. The van der Waals surface area contributed by atoms with Crippen LogP contribution in [0, 0.1) is 0 Å². The molecule has 94 valence electrons. The van der Waals surface area contributed by atoms with Gasteiger partial charge < -0.3 is 16.2 Å². The number of carbonyl (C=O) groups excluding carboxylic acids is 1. The topological polar surface area (TPSA) is 92.4 Å². The molecule has 0 bridgehead atoms. The van der Waals surface area contributed by atoms with E-state index in [1.54, 1.807) is 24.3 Å². The monoisotopic (exact) mass is 246 g/mol. The minimum atomic E-state index is -1.01. The van der Waals surface area contributed by atoms with E-state index in [4.69, 9.17) is 10.8 Å². The van der Waals surface area contributed by atoms with E-state index in [9.17, 15) is 9.59 Å². The molecule has 4 N–H and O–H groups in total. The van der Waals surface area contributed by atoms with E-state index >= 15 is 0 Å². The zero-order chi connectivity index (χ0) is 13.2. The Morgan fingerprint density at radius 2 is 2.11 bits per heavy atom. The lowest BCUT2D eigenvalue weighted by Crippen LogP contribution is -2.37. The van der Waals surface area contributed by atoms with Crippen LogP contribution in [-0.4, -0.2) is 22.5 Å². The van der Waals surface area contributed by atoms with Crippen molar-refractivity contribution in [2.75, 3.05) is 5.32 Å². The molecule has 0 spiro atoms. The lowest BCUT2D eigenvalue weighted by Gasteiger charge is -2.10. The highest BCUT2D eigenvalue weighted by atomic mass is 16.4. The van der Waals surface area contributed by atoms with E-state index in [0.717, 1.165) is 6.08 Å². The Hall–Kier alpha value is -2.14. The quantitative estimate of drug-likeness (QED) is 0.696. The van der Waals surface area contributed by atoms with Crippen molar-refractivity contribution in [1.29, 1.82) is 0 Å². The summed E-state index contributed by atoms with van der Waals surface area (Å²) >= 11 is 0. The third-order valence-corrected chi connectivity index (χ3v) is 2.80. The molecule has 1 aliphatic rings. The lowest BCUT2D eigenvalue weighted by molar-refractivity contribution is -0.131. The van der Waals surface area contributed by atoms with Gasteiger partial charge in [0.05, 0.1) is 5.54 Å². The first kappa shape index (κ1) is 12.3. The first-order chi connectivity index (χ1) is 8.49. The second-order valence-electron chi connectivity index (χ2n) is 4.41. The fourth-order valence-electron chi connectivity index (χ4n) is 1.50. The molecule has 0 radical (unpaired) electrons. The Morgan fingerprint density at radius 3 is 2.72 bits per heavy atom. The summed E-state index contributed by atoms with van der Waals surface area (Å²) in [6.45, 7) is 0. The average Bonchev–Trinajstić information content (AvgIpc) is 3.07. The summed E-state index contributed by atoms with van der Waals surface area (Å²) in [5, 5.41) is 11.3. The highest BCUT2D eigenvalue weighted by Crippen LogP contribution is 2.33. The van der Waals surface area contributed by atoms with Crippen LogP contribution in [0.2, 0.25) is 0 Å². The van der Waals surface area contributed by atoms with E-state index in [-0.39, 0.29) is 5.91 Å². The van der Waals surface area contributed by atoms with E-state index in [0.29, 0.717) is 24.1 Å². The van der Waals surface area contributed by atoms with E-state index in [1.807, 2.05) is 0 Å². The van der Waals surface area contributed by atoms with Gasteiger partial charge in [-0.1, -0.05) is 12.1 Å². The molecule has 0 atom stereocenters. The molecule has 2 rings (SSSR count). The van der Waals surface area contributed by atoms with Crippen molar-refractivity contribution in [1.82, 2.24) is 0 Å². The van der Waals surface area contributed by atoms with Gasteiger partial charge in [-0.15, -0.1) is 0 Å². The Bertz CT molecular complexity index is 519. The van der Waals surface area contributed by atoms with Crippen LogP contribution >= 0.6 is 0 Å². The van der Waals surface area contributed by atoms with Crippen LogP contribution in [0.4, 0.5) is 5.69 Å². The van der Waals surface area contributed by atoms with Gasteiger partial charge in [-0.2, -0.15) is 0 Å². The van der Waals surface area contributed by atoms with E-state index in [1.165, 1.54) is 6.08 Å². The van der Waals surface area contributed by atoms with Crippen LogP contribution in [0.15, 0.2) is 30.3 Å². The Labute approximate surface area is 104 Å². The fourth-order valence-corrected chi connectivity index (χ4v) is 1.50. The Kier molecular flexibility index (Phi) is 3.16. The van der Waals surface area contributed by atoms with Crippen molar-refractivity contribution in [3.63, 3.8) is 0 Å². The number of nitrogens with two attached hydrogens (primary N) is 1. The smallest absolute Gasteiger partial charge is 0.328 e. The summed E-state index contributed by atoms with van der Waals surface area (Å²) in [6, 6.07) is 6.93. The minimum absolute atomic E-state index is 0.193. The Morgan fingerprint density at radius 1 is 1.39 bits per heavy atom. The van der Waals surface area contributed by atoms with Gasteiger partial charge in [-0.25, -0.2) is 4.79 Å². The third-order valence-electron chi connectivity index (χ3n) is 2.80. The lowest BCUT2D eigenvalue weighted by atomic mass is 10.1. The third kappa shape index (κ3) is 2.95. The first-order valence-electron chi connectivity index (χ1n) is 5.61. The van der Waals surface area contributed by atoms with Gasteiger partial charge in [0.1, 0.15) is 0 Å². The Balaban J connectivity index is 2.07. The van der Waals surface area contributed by atoms with Crippen LogP contribution in [0.1, 0.15) is 18.4 Å². The highest BCUT2D eigenvalue weighted by Gasteiger charge is 2.45. The van der Waals surface area contributed by atoms with Gasteiger partial charge in [0.15, 0.2) is 0 Å². The highest BCUT2D eigenvalue weighted by molar-refractivity contribution is 6.00. The van der Waals surface area contributed by atoms with Crippen molar-refractivity contribution in [3.05, 3.63) is 35.9 Å². The minimum Gasteiger partial charge on any atom is -0.478 e. The van der Waals surface area contributed by atoms with Crippen molar-refractivity contribution in [3.8, 4) is 0 Å². The number of amides is 1. The van der Waals surface area contributed by atoms with Crippen molar-refractivity contribution >= 4 is 23.6 Å². The van der Waals surface area contributed by atoms with Gasteiger partial charge in [0.2, 0.25) is 5.91 Å². The van der Waals surface area contributed by atoms with Crippen LogP contribution in [-0.2, 0) is 9.59 Å². The molecule has 5 heteroatoms. The fraction of sp³-hybridized carbons (Fsp3) is 0.231. The molecular weight excluding hydrogens is 232 g/mol. The molecule has 1 amide bonds. The second-order valence-corrected chi connectivity index (χ2v) is 4.41. The van der Waals surface area contributed by atoms with Crippen molar-refractivity contribution in [2.24, 2.45) is 5.73 Å². The average molecular weight is 246 g/mol. The number of anilines is 1. The van der Waals surface area contributed by atoms with E-state index < -0.39 is 11.5 Å². The number of carboxylic acids is 1. The largest absolute Gasteiger partial charge is 0.478 e. The molecule has 5 nitrogen and oxygen atoms in total. The van der Waals surface area contributed by atoms with Crippen LogP contribution < -0.4 is 11.1 Å². The molecule has 0 aliphatic heterocycles. The molecular formula is C13H14N2O3. The summed E-state index contributed by atoms with van der Waals surface area (Å²) in [5.41, 5.74) is 6.38. The molecule has 0 aromatic heterocycles. The SMILES string of the molecule is NC1(C(=O)Nc2cccc(/C=C/C(=O)O)c2)CC1. The molecule has 0 heterocycles. The zero-order valence-corrected chi connectivity index (χ0v) is 9.72. The number of benzene rings is 1. The number of hydrogen-bond acceptors (Lipinski definition) is 3. The normalized spacial score (nSPS) is 16.5. The number of nitrogens with one attached hydrogen (secondary N) is 1. The molecule has 1 saturated carbocycles. The number of aliphatic carboxylic acids is 1. The summed E-state index contributed by atoms with van der Waals surface area (Å²) in [5.74, 6) is -1.20. The maximum atomic E-state index is 11.7. The van der Waals surface area contributed by atoms with Gasteiger partial charge in [-0.05, 0) is 36.6 Å². The van der Waals surface area contributed by atoms with Gasteiger partial charge >= 0.3 is 5.97 Å². The number of hydrogen-bond donors (Lipinski definition) is 3. The molecule has 18 heavy (non-hydrogen) atoms. The second kappa shape index (κ2) is 4.62. The number of carbonyl (C=O) groups is 2. The summed E-state index contributed by atoms with van der Waals surface area (Å²) in [6.07, 6.45) is 3.93. The molecule has 0 saturated heterocycles. The molecule has 0 unspecified atom stereocenters. The predicted octanol–water partition coefficient (Wildman–Crippen LogP) is 1.21. The van der Waals surface area contributed by atoms with Crippen molar-refractivity contribution < 1.29 is 14.7 Å². The van der Waals surface area contributed by atoms with Crippen LogP contribution in [0.25, 0.3) is 6.08 Å². The van der Waals surface area contributed by atoms with E-state index in [2.05, 4.69) is 5.32 Å². The number of carboxylic acid groups (broad SMARTS) is 1.